The molecule has 0 aliphatic carbocycles. The van der Waals surface area contributed by atoms with Crippen LogP contribution in [-0.2, 0) is 13.2 Å². The fraction of sp³-hybridized carbons (Fsp3) is 0.294. The Labute approximate surface area is 161 Å². The largest absolute Gasteiger partial charge is 0.502 e. The number of nitro groups is 1. The van der Waals surface area contributed by atoms with Crippen molar-refractivity contribution in [3.63, 3.8) is 0 Å². The van der Waals surface area contributed by atoms with Crippen LogP contribution in [0.2, 0.25) is 0 Å². The lowest BCUT2D eigenvalue weighted by Gasteiger charge is -2.14. The Morgan fingerprint density at radius 1 is 1.34 bits per heavy atom. The Morgan fingerprint density at radius 3 is 2.62 bits per heavy atom. The van der Waals surface area contributed by atoms with Gasteiger partial charge in [0.2, 0.25) is 0 Å². The van der Waals surface area contributed by atoms with Gasteiger partial charge < -0.3 is 19.7 Å². The number of nitrogens with one attached hydrogen (secondary N) is 1. The first-order chi connectivity index (χ1) is 13.5. The highest BCUT2D eigenvalue weighted by Gasteiger charge is 2.36. The molecular weight excluding hydrogens is 399 g/mol. The molecule has 1 aromatic carbocycles. The van der Waals surface area contributed by atoms with E-state index in [1.807, 2.05) is 0 Å². The third kappa shape index (κ3) is 5.03. The zero-order chi connectivity index (χ0) is 21.8. The average molecular weight is 415 g/mol. The number of carbonyl (C=O) groups excluding carboxylic acids is 1. The van der Waals surface area contributed by atoms with Gasteiger partial charge in [-0.1, -0.05) is 12.1 Å². The van der Waals surface area contributed by atoms with E-state index in [0.29, 0.717) is 6.07 Å². The van der Waals surface area contributed by atoms with E-state index in [-0.39, 0.29) is 35.6 Å². The molecule has 2 rings (SSSR count). The van der Waals surface area contributed by atoms with Crippen molar-refractivity contribution < 1.29 is 32.7 Å². The van der Waals surface area contributed by atoms with Crippen molar-refractivity contribution in [2.45, 2.75) is 12.6 Å². The molecule has 2 aromatic rings. The molecule has 0 spiro atoms. The summed E-state index contributed by atoms with van der Waals surface area (Å²) < 4.78 is 44.4. The summed E-state index contributed by atoms with van der Waals surface area (Å²) in [7, 11) is 0.826. The highest BCUT2D eigenvalue weighted by molar-refractivity contribution is 5.96. The minimum absolute atomic E-state index is 0.0263. The summed E-state index contributed by atoms with van der Waals surface area (Å²) in [5, 5.41) is 22.9. The Kier molecular flexibility index (Phi) is 6.46. The summed E-state index contributed by atoms with van der Waals surface area (Å²) in [5.41, 5.74) is -3.78. The van der Waals surface area contributed by atoms with Crippen molar-refractivity contribution in [2.75, 3.05) is 13.2 Å². The van der Waals surface area contributed by atoms with Gasteiger partial charge >= 0.3 is 11.9 Å². The molecule has 0 radical (unpaired) electrons. The number of hydrogen-bond acceptors (Lipinski definition) is 6. The smallest absolute Gasteiger partial charge is 0.431 e. The maximum Gasteiger partial charge on any atom is 0.431 e. The molecule has 1 amide bonds. The first kappa shape index (κ1) is 21.7. The van der Waals surface area contributed by atoms with Crippen molar-refractivity contribution >= 4 is 11.6 Å². The Balaban J connectivity index is 1.99. The summed E-state index contributed by atoms with van der Waals surface area (Å²) >= 11 is 0. The van der Waals surface area contributed by atoms with Crippen molar-refractivity contribution in [3.05, 3.63) is 62.1 Å². The van der Waals surface area contributed by atoms with Crippen molar-refractivity contribution in [1.82, 2.24) is 9.88 Å². The van der Waals surface area contributed by atoms with Crippen LogP contribution < -0.4 is 15.6 Å². The molecule has 0 aliphatic rings. The molecule has 0 unspecified atom stereocenters. The molecule has 1 aromatic heterocycles. The first-order valence-electron chi connectivity index (χ1n) is 8.18. The lowest BCUT2D eigenvalue weighted by atomic mass is 10.1. The van der Waals surface area contributed by atoms with Crippen LogP contribution in [0.1, 0.15) is 22.5 Å². The molecule has 1 heterocycles. The summed E-state index contributed by atoms with van der Waals surface area (Å²) in [6.45, 7) is -0.100. The Hall–Kier alpha value is -3.57. The molecule has 0 saturated carbocycles. The molecule has 2 N–H and O–H groups in total. The van der Waals surface area contributed by atoms with Crippen LogP contribution in [0, 0.1) is 10.1 Å². The number of pyridine rings is 1. The normalized spacial score (nSPS) is 11.2. The minimum Gasteiger partial charge on any atom is -0.502 e. The number of aromatic hydroxyl groups is 1. The van der Waals surface area contributed by atoms with Crippen LogP contribution in [0.4, 0.5) is 18.9 Å². The number of halogens is 3. The van der Waals surface area contributed by atoms with Gasteiger partial charge in [-0.25, -0.2) is 0 Å². The Morgan fingerprint density at radius 2 is 2.00 bits per heavy atom. The molecule has 29 heavy (non-hydrogen) atoms. The van der Waals surface area contributed by atoms with E-state index in [1.165, 1.54) is 18.2 Å². The van der Waals surface area contributed by atoms with E-state index < -0.39 is 39.6 Å². The standard InChI is InChI=1S/C17H16F3N3O6/c1-22-13(17(18,19)20)9-10(14(24)16(22)26)15(25)21-7-4-8-29-12-6-3-2-5-11(12)23(27)28/h2-3,5-6,9,24H,4,7-8H2,1H3,(H,21,25). The molecule has 0 atom stereocenters. The van der Waals surface area contributed by atoms with Crippen LogP contribution >= 0.6 is 0 Å². The SMILES string of the molecule is Cn1c(C(F)(F)F)cc(C(=O)NCCCOc2ccccc2[N+](=O)[O-])c(O)c1=O. The van der Waals surface area contributed by atoms with Gasteiger partial charge in [0.05, 0.1) is 17.1 Å². The second-order valence-electron chi connectivity index (χ2n) is 5.84. The van der Waals surface area contributed by atoms with Crippen LogP contribution in [0.5, 0.6) is 11.5 Å². The molecule has 0 bridgehead atoms. The summed E-state index contributed by atoms with van der Waals surface area (Å²) in [4.78, 5) is 34.1. The lowest BCUT2D eigenvalue weighted by molar-refractivity contribution is -0.385. The Bertz CT molecular complexity index is 987. The van der Waals surface area contributed by atoms with E-state index in [2.05, 4.69) is 5.32 Å². The van der Waals surface area contributed by atoms with Crippen molar-refractivity contribution in [3.8, 4) is 11.5 Å². The molecule has 9 nitrogen and oxygen atoms in total. The minimum atomic E-state index is -4.89. The third-order valence-electron chi connectivity index (χ3n) is 3.87. The average Bonchev–Trinajstić information content (AvgIpc) is 2.65. The highest BCUT2D eigenvalue weighted by Crippen LogP contribution is 2.30. The fourth-order valence-electron chi connectivity index (χ4n) is 2.41. The maximum absolute atomic E-state index is 13.0. The number of aromatic nitrogens is 1. The van der Waals surface area contributed by atoms with E-state index in [0.717, 1.165) is 7.05 Å². The van der Waals surface area contributed by atoms with Gasteiger partial charge in [-0.15, -0.1) is 0 Å². The number of rotatable bonds is 7. The number of nitrogens with zero attached hydrogens (tertiary/aromatic N) is 2. The number of amides is 1. The van der Waals surface area contributed by atoms with E-state index >= 15 is 0 Å². The number of nitro benzene ring substituents is 1. The number of carbonyl (C=O) groups is 1. The summed E-state index contributed by atoms with van der Waals surface area (Å²) in [6, 6.07) is 6.05. The van der Waals surface area contributed by atoms with Crippen LogP contribution in [0.25, 0.3) is 0 Å². The summed E-state index contributed by atoms with van der Waals surface area (Å²) in [6.07, 6.45) is -4.73. The topological polar surface area (TPSA) is 124 Å². The molecule has 0 aliphatic heterocycles. The number of hydrogen-bond donors (Lipinski definition) is 2. The van der Waals surface area contributed by atoms with E-state index in [1.54, 1.807) is 6.07 Å². The van der Waals surface area contributed by atoms with Gasteiger partial charge in [0.15, 0.2) is 11.5 Å². The van der Waals surface area contributed by atoms with Gasteiger partial charge in [-0.2, -0.15) is 13.2 Å². The predicted molar refractivity (Wildman–Crippen MR) is 93.9 cm³/mol. The van der Waals surface area contributed by atoms with Gasteiger partial charge in [0.25, 0.3) is 11.5 Å². The molecular formula is C17H16F3N3O6. The second kappa shape index (κ2) is 8.63. The van der Waals surface area contributed by atoms with Gasteiger partial charge in [0.1, 0.15) is 5.69 Å². The maximum atomic E-state index is 13.0. The molecule has 0 fully saturated rings. The zero-order valence-corrected chi connectivity index (χ0v) is 15.0. The van der Waals surface area contributed by atoms with Crippen molar-refractivity contribution in [2.24, 2.45) is 7.05 Å². The van der Waals surface area contributed by atoms with Crippen LogP contribution in [0.3, 0.4) is 0 Å². The number of alkyl halides is 3. The number of ether oxygens (including phenoxy) is 1. The second-order valence-corrected chi connectivity index (χ2v) is 5.84. The van der Waals surface area contributed by atoms with E-state index in [4.69, 9.17) is 4.74 Å². The van der Waals surface area contributed by atoms with Gasteiger partial charge in [-0.3, -0.25) is 19.7 Å². The van der Waals surface area contributed by atoms with Gasteiger partial charge in [-0.05, 0) is 18.6 Å². The first-order valence-corrected chi connectivity index (χ1v) is 8.18. The zero-order valence-electron chi connectivity index (χ0n) is 15.0. The predicted octanol–water partition coefficient (Wildman–Crippen LogP) is 2.22. The fourth-order valence-corrected chi connectivity index (χ4v) is 2.41. The molecule has 156 valence electrons. The molecule has 12 heteroatoms. The van der Waals surface area contributed by atoms with Gasteiger partial charge in [0, 0.05) is 19.7 Å². The third-order valence-corrected chi connectivity index (χ3v) is 3.87. The lowest BCUT2D eigenvalue weighted by Crippen LogP contribution is -2.31. The van der Waals surface area contributed by atoms with Crippen LogP contribution in [-0.4, -0.2) is 33.7 Å². The summed E-state index contributed by atoms with van der Waals surface area (Å²) in [5.74, 6) is -2.15. The number of benzene rings is 1. The highest BCUT2D eigenvalue weighted by atomic mass is 19.4. The number of para-hydroxylation sites is 2. The van der Waals surface area contributed by atoms with Crippen molar-refractivity contribution in [1.29, 1.82) is 0 Å². The quantitative estimate of drug-likeness (QED) is 0.406. The van der Waals surface area contributed by atoms with Crippen LogP contribution in [0.15, 0.2) is 35.1 Å². The van der Waals surface area contributed by atoms with E-state index in [9.17, 15) is 38.0 Å². The monoisotopic (exact) mass is 415 g/mol. The molecule has 0 saturated heterocycles.